The molecule has 0 saturated carbocycles. The van der Waals surface area contributed by atoms with Crippen molar-refractivity contribution in [2.45, 2.75) is 26.7 Å². The van der Waals surface area contributed by atoms with Crippen molar-refractivity contribution in [3.05, 3.63) is 34.9 Å². The molecule has 0 amide bonds. The topological polar surface area (TPSA) is 67.2 Å². The summed E-state index contributed by atoms with van der Waals surface area (Å²) in [6.45, 7) is 3.55. The van der Waals surface area contributed by atoms with Gasteiger partial charge in [-0.3, -0.25) is 9.59 Å². The summed E-state index contributed by atoms with van der Waals surface area (Å²) in [5, 5.41) is 8.96. The Kier molecular flexibility index (Phi) is 5.06. The summed E-state index contributed by atoms with van der Waals surface area (Å²) in [6.07, 6.45) is 0.365. The lowest BCUT2D eigenvalue weighted by Gasteiger charge is -2.06. The van der Waals surface area contributed by atoms with Crippen molar-refractivity contribution in [2.24, 2.45) is 0 Å². The van der Waals surface area contributed by atoms with E-state index in [2.05, 4.69) is 0 Å². The molecule has 0 radical (unpaired) electrons. The Balaban J connectivity index is 2.96. The molecule has 4 heteroatoms. The fraction of sp³-hybridized carbons (Fsp3) is 0.357. The first-order valence-corrected chi connectivity index (χ1v) is 5.73. The predicted molar refractivity (Wildman–Crippen MR) is 65.9 cm³/mol. The molecule has 0 unspecified atom stereocenters. The molecule has 4 nitrogen and oxygen atoms in total. The van der Waals surface area contributed by atoms with Gasteiger partial charge in [0.15, 0.2) is 0 Å². The van der Waals surface area contributed by atoms with E-state index in [1.165, 1.54) is 6.92 Å². The van der Waals surface area contributed by atoms with Gasteiger partial charge in [0.25, 0.3) is 0 Å². The molecular weight excluding hydrogens is 230 g/mol. The molecule has 0 aliphatic carbocycles. The van der Waals surface area contributed by atoms with E-state index in [9.17, 15) is 9.59 Å². The van der Waals surface area contributed by atoms with Crippen LogP contribution in [0.2, 0.25) is 0 Å². The van der Waals surface area contributed by atoms with E-state index in [-0.39, 0.29) is 18.2 Å². The molecule has 0 spiro atoms. The van der Waals surface area contributed by atoms with Crippen LogP contribution in [-0.2, 0) is 27.2 Å². The number of carbonyl (C=O) groups is 2. The lowest BCUT2D eigenvalue weighted by Crippen LogP contribution is -2.09. The SMILES string of the molecule is CCOC(=O)Cc1cc(CC(C)=O)ccc1C#N. The Morgan fingerprint density at radius 3 is 2.61 bits per heavy atom. The lowest BCUT2D eigenvalue weighted by atomic mass is 9.99. The third-order valence-electron chi connectivity index (χ3n) is 2.38. The van der Waals surface area contributed by atoms with E-state index >= 15 is 0 Å². The second kappa shape index (κ2) is 6.55. The fourth-order valence-corrected chi connectivity index (χ4v) is 1.67. The molecule has 0 bridgehead atoms. The molecule has 18 heavy (non-hydrogen) atoms. The van der Waals surface area contributed by atoms with E-state index < -0.39 is 0 Å². The molecule has 1 aromatic carbocycles. The highest BCUT2D eigenvalue weighted by Crippen LogP contribution is 2.13. The number of Topliss-reactive ketones (excluding diaryl/α,β-unsaturated/α-hetero) is 1. The molecule has 94 valence electrons. The van der Waals surface area contributed by atoms with Crippen LogP contribution in [0.3, 0.4) is 0 Å². The predicted octanol–water partition coefficient (Wildman–Crippen LogP) is 1.80. The number of ketones is 1. The zero-order valence-electron chi connectivity index (χ0n) is 10.5. The molecule has 0 fully saturated rings. The van der Waals surface area contributed by atoms with Crippen molar-refractivity contribution in [1.82, 2.24) is 0 Å². The number of nitrogens with zero attached hydrogens (tertiary/aromatic N) is 1. The van der Waals surface area contributed by atoms with E-state index in [0.717, 1.165) is 5.56 Å². The van der Waals surface area contributed by atoms with Crippen molar-refractivity contribution in [3.8, 4) is 6.07 Å². The second-order valence-corrected chi connectivity index (χ2v) is 3.96. The van der Waals surface area contributed by atoms with E-state index in [0.29, 0.717) is 24.2 Å². The van der Waals surface area contributed by atoms with Gasteiger partial charge < -0.3 is 4.74 Å². The molecule has 0 aliphatic rings. The first kappa shape index (κ1) is 13.9. The number of benzene rings is 1. The van der Waals surface area contributed by atoms with Gasteiger partial charge in [0.05, 0.1) is 24.7 Å². The highest BCUT2D eigenvalue weighted by molar-refractivity contribution is 5.78. The Hall–Kier alpha value is -2.15. The first-order chi connectivity index (χ1) is 8.56. The van der Waals surface area contributed by atoms with Gasteiger partial charge in [0, 0.05) is 6.42 Å². The molecular formula is C14H15NO3. The quantitative estimate of drug-likeness (QED) is 0.742. The van der Waals surface area contributed by atoms with Crippen LogP contribution in [0, 0.1) is 11.3 Å². The number of rotatable bonds is 5. The molecule has 1 rings (SSSR count). The van der Waals surface area contributed by atoms with Gasteiger partial charge in [-0.05, 0) is 31.0 Å². The number of carbonyl (C=O) groups excluding carboxylic acids is 2. The molecule has 0 N–H and O–H groups in total. The number of esters is 1. The van der Waals surface area contributed by atoms with Crippen molar-refractivity contribution in [3.63, 3.8) is 0 Å². The normalized spacial score (nSPS) is 9.61. The number of hydrogen-bond acceptors (Lipinski definition) is 4. The zero-order chi connectivity index (χ0) is 13.5. The summed E-state index contributed by atoms with van der Waals surface area (Å²) in [7, 11) is 0. The number of ether oxygens (including phenoxy) is 1. The lowest BCUT2D eigenvalue weighted by molar-refractivity contribution is -0.142. The Bertz CT molecular complexity index is 500. The Morgan fingerprint density at radius 2 is 2.06 bits per heavy atom. The molecule has 0 aromatic heterocycles. The minimum Gasteiger partial charge on any atom is -0.466 e. The molecule has 0 aliphatic heterocycles. The Labute approximate surface area is 106 Å². The third kappa shape index (κ3) is 4.02. The van der Waals surface area contributed by atoms with Crippen LogP contribution in [0.5, 0.6) is 0 Å². The van der Waals surface area contributed by atoms with Gasteiger partial charge in [0.2, 0.25) is 0 Å². The summed E-state index contributed by atoms with van der Waals surface area (Å²) in [5.41, 5.74) is 1.85. The van der Waals surface area contributed by atoms with Gasteiger partial charge in [-0.25, -0.2) is 0 Å². The van der Waals surface area contributed by atoms with Crippen LogP contribution < -0.4 is 0 Å². The molecule has 0 atom stereocenters. The van der Waals surface area contributed by atoms with Crippen LogP contribution in [0.15, 0.2) is 18.2 Å². The molecule has 1 aromatic rings. The minimum absolute atomic E-state index is 0.0433. The average molecular weight is 245 g/mol. The summed E-state index contributed by atoms with van der Waals surface area (Å²) in [4.78, 5) is 22.5. The van der Waals surface area contributed by atoms with Crippen molar-refractivity contribution in [2.75, 3.05) is 6.61 Å². The Morgan fingerprint density at radius 1 is 1.33 bits per heavy atom. The van der Waals surface area contributed by atoms with E-state index in [1.54, 1.807) is 25.1 Å². The number of nitriles is 1. The smallest absolute Gasteiger partial charge is 0.310 e. The van der Waals surface area contributed by atoms with Gasteiger partial charge in [0.1, 0.15) is 5.78 Å². The van der Waals surface area contributed by atoms with E-state index in [4.69, 9.17) is 10.00 Å². The third-order valence-corrected chi connectivity index (χ3v) is 2.38. The standard InChI is InChI=1S/C14H15NO3/c1-3-18-14(17)8-13-7-11(6-10(2)16)4-5-12(13)9-15/h4-5,7H,3,6,8H2,1-2H3. The monoisotopic (exact) mass is 245 g/mol. The van der Waals surface area contributed by atoms with Gasteiger partial charge in [-0.15, -0.1) is 0 Å². The first-order valence-electron chi connectivity index (χ1n) is 5.73. The molecule has 0 saturated heterocycles. The van der Waals surface area contributed by atoms with Crippen molar-refractivity contribution in [1.29, 1.82) is 5.26 Å². The number of hydrogen-bond donors (Lipinski definition) is 0. The molecule has 0 heterocycles. The fourth-order valence-electron chi connectivity index (χ4n) is 1.67. The maximum Gasteiger partial charge on any atom is 0.310 e. The van der Waals surface area contributed by atoms with Crippen LogP contribution in [0.25, 0.3) is 0 Å². The highest BCUT2D eigenvalue weighted by atomic mass is 16.5. The van der Waals surface area contributed by atoms with Crippen molar-refractivity contribution >= 4 is 11.8 Å². The largest absolute Gasteiger partial charge is 0.466 e. The van der Waals surface area contributed by atoms with Crippen LogP contribution >= 0.6 is 0 Å². The van der Waals surface area contributed by atoms with Crippen LogP contribution in [-0.4, -0.2) is 18.4 Å². The van der Waals surface area contributed by atoms with Crippen LogP contribution in [0.4, 0.5) is 0 Å². The maximum atomic E-state index is 11.4. The summed E-state index contributed by atoms with van der Waals surface area (Å²) in [5.74, 6) is -0.323. The van der Waals surface area contributed by atoms with Crippen molar-refractivity contribution < 1.29 is 14.3 Å². The van der Waals surface area contributed by atoms with E-state index in [1.807, 2.05) is 6.07 Å². The summed E-state index contributed by atoms with van der Waals surface area (Å²) in [6, 6.07) is 7.11. The van der Waals surface area contributed by atoms with Gasteiger partial charge in [-0.1, -0.05) is 12.1 Å². The second-order valence-electron chi connectivity index (χ2n) is 3.96. The van der Waals surface area contributed by atoms with Gasteiger partial charge >= 0.3 is 5.97 Å². The minimum atomic E-state index is -0.367. The van der Waals surface area contributed by atoms with Gasteiger partial charge in [-0.2, -0.15) is 5.26 Å². The summed E-state index contributed by atoms with van der Waals surface area (Å²) < 4.78 is 4.85. The highest BCUT2D eigenvalue weighted by Gasteiger charge is 2.10. The van der Waals surface area contributed by atoms with Crippen LogP contribution in [0.1, 0.15) is 30.5 Å². The average Bonchev–Trinajstić information content (AvgIpc) is 2.28. The summed E-state index contributed by atoms with van der Waals surface area (Å²) >= 11 is 0. The zero-order valence-corrected chi connectivity index (χ0v) is 10.5. The maximum absolute atomic E-state index is 11.4.